The second-order valence-corrected chi connectivity index (χ2v) is 5.00. The van der Waals surface area contributed by atoms with E-state index in [1.165, 1.54) is 0 Å². The predicted octanol–water partition coefficient (Wildman–Crippen LogP) is 2.82. The molecule has 0 radical (unpaired) electrons. The standard InChI is InChI=1S/C12H17N3S/c1-9-4-5-11(8-13)12(15-9)14-7-6-10(2)16-3/h4-5,10H,6-7H2,1-3H3,(H,14,15). The fourth-order valence-corrected chi connectivity index (χ4v) is 1.65. The number of thioether (sulfide) groups is 1. The number of aromatic nitrogens is 1. The van der Waals surface area contributed by atoms with Crippen molar-refractivity contribution in [3.8, 4) is 6.07 Å². The lowest BCUT2D eigenvalue weighted by atomic mass is 10.2. The molecule has 1 heterocycles. The van der Waals surface area contributed by atoms with Crippen molar-refractivity contribution < 1.29 is 0 Å². The highest BCUT2D eigenvalue weighted by Gasteiger charge is 2.04. The van der Waals surface area contributed by atoms with Crippen LogP contribution in [-0.4, -0.2) is 23.0 Å². The molecule has 1 aromatic heterocycles. The summed E-state index contributed by atoms with van der Waals surface area (Å²) in [4.78, 5) is 4.33. The number of nitrogens with one attached hydrogen (secondary N) is 1. The Labute approximate surface area is 101 Å². The third-order valence-corrected chi connectivity index (χ3v) is 3.44. The van der Waals surface area contributed by atoms with Gasteiger partial charge in [0.2, 0.25) is 0 Å². The van der Waals surface area contributed by atoms with Crippen molar-refractivity contribution in [2.45, 2.75) is 25.5 Å². The van der Waals surface area contributed by atoms with E-state index in [0.717, 1.165) is 18.7 Å². The van der Waals surface area contributed by atoms with Gasteiger partial charge < -0.3 is 5.32 Å². The molecule has 4 heteroatoms. The number of hydrogen-bond acceptors (Lipinski definition) is 4. The lowest BCUT2D eigenvalue weighted by molar-refractivity contribution is 0.849. The molecule has 1 rings (SSSR count). The van der Waals surface area contributed by atoms with Crippen molar-refractivity contribution in [1.82, 2.24) is 4.98 Å². The van der Waals surface area contributed by atoms with Gasteiger partial charge in [-0.3, -0.25) is 0 Å². The van der Waals surface area contributed by atoms with Crippen molar-refractivity contribution in [3.05, 3.63) is 23.4 Å². The normalized spacial score (nSPS) is 11.9. The zero-order valence-electron chi connectivity index (χ0n) is 9.95. The van der Waals surface area contributed by atoms with Gasteiger partial charge in [0.25, 0.3) is 0 Å². The van der Waals surface area contributed by atoms with E-state index >= 15 is 0 Å². The van der Waals surface area contributed by atoms with Gasteiger partial charge in [-0.05, 0) is 31.7 Å². The van der Waals surface area contributed by atoms with Gasteiger partial charge in [0, 0.05) is 17.5 Å². The zero-order valence-corrected chi connectivity index (χ0v) is 10.8. The zero-order chi connectivity index (χ0) is 12.0. The summed E-state index contributed by atoms with van der Waals surface area (Å²) in [5, 5.41) is 12.8. The second kappa shape index (κ2) is 6.39. The Hall–Kier alpha value is -1.21. The van der Waals surface area contributed by atoms with Crippen LogP contribution in [0.2, 0.25) is 0 Å². The second-order valence-electron chi connectivity index (χ2n) is 3.72. The van der Waals surface area contributed by atoms with Crippen LogP contribution < -0.4 is 5.32 Å². The van der Waals surface area contributed by atoms with Crippen LogP contribution in [0.3, 0.4) is 0 Å². The fourth-order valence-electron chi connectivity index (χ4n) is 1.29. The van der Waals surface area contributed by atoms with E-state index in [1.807, 2.05) is 30.8 Å². The Morgan fingerprint density at radius 1 is 1.56 bits per heavy atom. The maximum absolute atomic E-state index is 8.93. The molecule has 0 bridgehead atoms. The Kier molecular flexibility index (Phi) is 5.13. The van der Waals surface area contributed by atoms with E-state index < -0.39 is 0 Å². The van der Waals surface area contributed by atoms with Crippen LogP contribution in [0.25, 0.3) is 0 Å². The molecule has 1 aromatic rings. The molecule has 3 nitrogen and oxygen atoms in total. The molecular weight excluding hydrogens is 218 g/mol. The molecule has 16 heavy (non-hydrogen) atoms. The molecule has 1 unspecified atom stereocenters. The first-order valence-electron chi connectivity index (χ1n) is 5.31. The molecule has 0 amide bonds. The number of pyridine rings is 1. The summed E-state index contributed by atoms with van der Waals surface area (Å²) < 4.78 is 0. The molecular formula is C12H17N3S. The summed E-state index contributed by atoms with van der Waals surface area (Å²) in [5.41, 5.74) is 1.54. The molecule has 0 saturated heterocycles. The summed E-state index contributed by atoms with van der Waals surface area (Å²) in [6.45, 7) is 4.98. The monoisotopic (exact) mass is 235 g/mol. The summed E-state index contributed by atoms with van der Waals surface area (Å²) in [6.07, 6.45) is 3.18. The maximum atomic E-state index is 8.93. The van der Waals surface area contributed by atoms with E-state index in [-0.39, 0.29) is 0 Å². The Balaban J connectivity index is 2.59. The van der Waals surface area contributed by atoms with Crippen LogP contribution in [0.1, 0.15) is 24.6 Å². The number of nitriles is 1. The molecule has 0 fully saturated rings. The molecule has 1 atom stereocenters. The highest BCUT2D eigenvalue weighted by Crippen LogP contribution is 2.14. The number of rotatable bonds is 5. The topological polar surface area (TPSA) is 48.7 Å². The van der Waals surface area contributed by atoms with Gasteiger partial charge in [0.05, 0.1) is 5.56 Å². The summed E-state index contributed by atoms with van der Waals surface area (Å²) in [6, 6.07) is 5.81. The van der Waals surface area contributed by atoms with Crippen molar-refractivity contribution in [1.29, 1.82) is 5.26 Å². The van der Waals surface area contributed by atoms with Gasteiger partial charge in [-0.25, -0.2) is 4.98 Å². The van der Waals surface area contributed by atoms with Gasteiger partial charge in [0.1, 0.15) is 11.9 Å². The van der Waals surface area contributed by atoms with Gasteiger partial charge in [-0.1, -0.05) is 6.92 Å². The molecule has 0 saturated carbocycles. The van der Waals surface area contributed by atoms with E-state index in [2.05, 4.69) is 29.5 Å². The van der Waals surface area contributed by atoms with Crippen molar-refractivity contribution in [2.75, 3.05) is 18.1 Å². The molecule has 1 N–H and O–H groups in total. The van der Waals surface area contributed by atoms with E-state index in [0.29, 0.717) is 16.6 Å². The van der Waals surface area contributed by atoms with E-state index in [9.17, 15) is 0 Å². The average Bonchev–Trinajstić information content (AvgIpc) is 2.29. The largest absolute Gasteiger partial charge is 0.369 e. The van der Waals surface area contributed by atoms with Gasteiger partial charge in [-0.2, -0.15) is 17.0 Å². The van der Waals surface area contributed by atoms with Crippen LogP contribution in [0, 0.1) is 18.3 Å². The summed E-state index contributed by atoms with van der Waals surface area (Å²) in [7, 11) is 0. The number of anilines is 1. The average molecular weight is 235 g/mol. The molecule has 0 aliphatic rings. The number of hydrogen-bond donors (Lipinski definition) is 1. The molecule has 0 aromatic carbocycles. The van der Waals surface area contributed by atoms with E-state index in [4.69, 9.17) is 5.26 Å². The van der Waals surface area contributed by atoms with Gasteiger partial charge >= 0.3 is 0 Å². The minimum Gasteiger partial charge on any atom is -0.369 e. The lowest BCUT2D eigenvalue weighted by Crippen LogP contribution is -2.10. The number of aryl methyl sites for hydroxylation is 1. The third-order valence-electron chi connectivity index (χ3n) is 2.40. The minimum absolute atomic E-state index is 0.613. The Morgan fingerprint density at radius 3 is 2.94 bits per heavy atom. The molecule has 86 valence electrons. The van der Waals surface area contributed by atoms with Gasteiger partial charge in [-0.15, -0.1) is 0 Å². The quantitative estimate of drug-likeness (QED) is 0.852. The first-order valence-corrected chi connectivity index (χ1v) is 6.60. The Morgan fingerprint density at radius 2 is 2.31 bits per heavy atom. The van der Waals surface area contributed by atoms with Crippen LogP contribution in [0.5, 0.6) is 0 Å². The molecule has 0 aliphatic carbocycles. The SMILES string of the molecule is CSC(C)CCNc1nc(C)ccc1C#N. The summed E-state index contributed by atoms with van der Waals surface area (Å²) in [5.74, 6) is 0.704. The van der Waals surface area contributed by atoms with Crippen LogP contribution in [0.4, 0.5) is 5.82 Å². The Bertz CT molecular complexity index is 384. The smallest absolute Gasteiger partial charge is 0.144 e. The fraction of sp³-hybridized carbons (Fsp3) is 0.500. The van der Waals surface area contributed by atoms with Crippen LogP contribution >= 0.6 is 11.8 Å². The summed E-state index contributed by atoms with van der Waals surface area (Å²) >= 11 is 1.85. The highest BCUT2D eigenvalue weighted by atomic mass is 32.2. The third kappa shape index (κ3) is 3.74. The van der Waals surface area contributed by atoms with Crippen LogP contribution in [-0.2, 0) is 0 Å². The highest BCUT2D eigenvalue weighted by molar-refractivity contribution is 7.99. The molecule has 0 spiro atoms. The predicted molar refractivity (Wildman–Crippen MR) is 69.8 cm³/mol. The van der Waals surface area contributed by atoms with E-state index in [1.54, 1.807) is 0 Å². The maximum Gasteiger partial charge on any atom is 0.144 e. The van der Waals surface area contributed by atoms with Gasteiger partial charge in [0.15, 0.2) is 0 Å². The lowest BCUT2D eigenvalue weighted by Gasteiger charge is -2.10. The van der Waals surface area contributed by atoms with Crippen LogP contribution in [0.15, 0.2) is 12.1 Å². The molecule has 0 aliphatic heterocycles. The number of nitrogens with zero attached hydrogens (tertiary/aromatic N) is 2. The first kappa shape index (κ1) is 12.9. The van der Waals surface area contributed by atoms with Crippen molar-refractivity contribution >= 4 is 17.6 Å². The first-order chi connectivity index (χ1) is 7.67. The van der Waals surface area contributed by atoms with Crippen molar-refractivity contribution in [3.63, 3.8) is 0 Å². The van der Waals surface area contributed by atoms with Crippen molar-refractivity contribution in [2.24, 2.45) is 0 Å². The minimum atomic E-state index is 0.613.